The lowest BCUT2D eigenvalue weighted by molar-refractivity contribution is -0.138. The van der Waals surface area contributed by atoms with Crippen LogP contribution >= 0.6 is 0 Å². The summed E-state index contributed by atoms with van der Waals surface area (Å²) in [5.74, 6) is -0.957. The Morgan fingerprint density at radius 1 is 1.40 bits per heavy atom. The molecular formula is C13H25N3O4. The third-order valence-electron chi connectivity index (χ3n) is 3.27. The molecule has 1 fully saturated rings. The van der Waals surface area contributed by atoms with Crippen LogP contribution in [0.1, 0.15) is 26.7 Å². The van der Waals surface area contributed by atoms with Gasteiger partial charge in [-0.25, -0.2) is 4.79 Å². The van der Waals surface area contributed by atoms with E-state index in [1.54, 1.807) is 18.7 Å². The predicted octanol–water partition coefficient (Wildman–Crippen LogP) is -0.0539. The lowest BCUT2D eigenvalue weighted by Gasteiger charge is -2.31. The van der Waals surface area contributed by atoms with Crippen LogP contribution in [0.4, 0.5) is 4.79 Å². The van der Waals surface area contributed by atoms with Crippen molar-refractivity contribution in [1.82, 2.24) is 15.1 Å². The number of carboxylic acid groups (broad SMARTS) is 1. The van der Waals surface area contributed by atoms with E-state index >= 15 is 0 Å². The fourth-order valence-corrected chi connectivity index (χ4v) is 2.52. The van der Waals surface area contributed by atoms with Crippen molar-refractivity contribution in [3.05, 3.63) is 0 Å². The maximum Gasteiger partial charge on any atom is 0.318 e. The Balaban J connectivity index is 2.67. The van der Waals surface area contributed by atoms with Crippen LogP contribution in [0.5, 0.6) is 0 Å². The van der Waals surface area contributed by atoms with E-state index in [0.717, 1.165) is 0 Å². The normalized spacial score (nSPS) is 23.2. The number of nitrogens with zero attached hydrogens (tertiary/aromatic N) is 2. The molecule has 0 saturated carbocycles. The van der Waals surface area contributed by atoms with Crippen LogP contribution in [0, 0.1) is 0 Å². The number of nitrogens with one attached hydrogen (secondary N) is 1. The van der Waals surface area contributed by atoms with Gasteiger partial charge in [-0.1, -0.05) is 0 Å². The molecule has 20 heavy (non-hydrogen) atoms. The minimum absolute atomic E-state index is 0.0550. The maximum absolute atomic E-state index is 12.3. The fourth-order valence-electron chi connectivity index (χ4n) is 2.52. The monoisotopic (exact) mass is 287 g/mol. The number of amides is 2. The second kappa shape index (κ2) is 6.41. The highest BCUT2D eigenvalue weighted by molar-refractivity contribution is 5.77. The summed E-state index contributed by atoms with van der Waals surface area (Å²) in [6.45, 7) is 4.30. The first kappa shape index (κ1) is 16.7. The first-order valence-electron chi connectivity index (χ1n) is 6.74. The molecule has 0 aliphatic carbocycles. The number of carbonyl (C=O) groups is 2. The second-order valence-electron chi connectivity index (χ2n) is 6.34. The number of carboxylic acids is 1. The number of urea groups is 1. The molecule has 7 nitrogen and oxygen atoms in total. The molecule has 2 amide bonds. The number of likely N-dealkylation sites (N-methyl/N-ethyl adjacent to an activating group) is 1. The molecule has 0 spiro atoms. The molecule has 0 aromatic carbocycles. The summed E-state index contributed by atoms with van der Waals surface area (Å²) in [5.41, 5.74) is -0.820. The molecule has 2 unspecified atom stereocenters. The number of likely N-dealkylation sites (tertiary alicyclic amines) is 1. The predicted molar refractivity (Wildman–Crippen MR) is 74.5 cm³/mol. The van der Waals surface area contributed by atoms with E-state index < -0.39 is 17.6 Å². The lowest BCUT2D eigenvalue weighted by atomic mass is 10.0. The zero-order valence-corrected chi connectivity index (χ0v) is 12.6. The van der Waals surface area contributed by atoms with Gasteiger partial charge in [0.05, 0.1) is 12.5 Å². The van der Waals surface area contributed by atoms with Crippen LogP contribution < -0.4 is 5.32 Å². The van der Waals surface area contributed by atoms with Gasteiger partial charge in [0.25, 0.3) is 0 Å². The largest absolute Gasteiger partial charge is 0.481 e. The third-order valence-corrected chi connectivity index (χ3v) is 3.27. The SMILES string of the molecule is CN(C)CC1CC(O)CN1C(=O)NC(C)(C)CC(=O)O. The first-order valence-corrected chi connectivity index (χ1v) is 6.74. The Morgan fingerprint density at radius 2 is 2.00 bits per heavy atom. The number of rotatable bonds is 5. The summed E-state index contributed by atoms with van der Waals surface area (Å²) in [4.78, 5) is 26.6. The topological polar surface area (TPSA) is 93.1 Å². The molecule has 7 heteroatoms. The van der Waals surface area contributed by atoms with Crippen LogP contribution in [-0.4, -0.2) is 76.9 Å². The number of aliphatic hydroxyl groups excluding tert-OH is 1. The molecule has 0 radical (unpaired) electrons. The molecule has 116 valence electrons. The third kappa shape index (κ3) is 4.97. The zero-order chi connectivity index (χ0) is 15.5. The Labute approximate surface area is 119 Å². The minimum Gasteiger partial charge on any atom is -0.481 e. The van der Waals surface area contributed by atoms with Gasteiger partial charge in [0.2, 0.25) is 0 Å². The Hall–Kier alpha value is -1.34. The number of aliphatic carboxylic acids is 1. The van der Waals surface area contributed by atoms with Gasteiger partial charge in [-0.05, 0) is 34.4 Å². The molecular weight excluding hydrogens is 262 g/mol. The molecule has 2 atom stereocenters. The van der Waals surface area contributed by atoms with Gasteiger partial charge in [-0.2, -0.15) is 0 Å². The van der Waals surface area contributed by atoms with Crippen molar-refractivity contribution in [2.45, 2.75) is 44.4 Å². The van der Waals surface area contributed by atoms with Gasteiger partial charge in [0.1, 0.15) is 0 Å². The van der Waals surface area contributed by atoms with Crippen LogP contribution in [0.25, 0.3) is 0 Å². The number of carbonyl (C=O) groups excluding carboxylic acids is 1. The molecule has 0 bridgehead atoms. The molecule has 1 saturated heterocycles. The lowest BCUT2D eigenvalue weighted by Crippen LogP contribution is -2.53. The maximum atomic E-state index is 12.3. The van der Waals surface area contributed by atoms with Crippen molar-refractivity contribution < 1.29 is 19.8 Å². The van der Waals surface area contributed by atoms with E-state index in [9.17, 15) is 14.7 Å². The van der Waals surface area contributed by atoms with Gasteiger partial charge in [-0.15, -0.1) is 0 Å². The Kier molecular flexibility index (Phi) is 5.35. The zero-order valence-electron chi connectivity index (χ0n) is 12.6. The van der Waals surface area contributed by atoms with Crippen molar-refractivity contribution in [3.8, 4) is 0 Å². The van der Waals surface area contributed by atoms with Crippen molar-refractivity contribution in [1.29, 1.82) is 0 Å². The second-order valence-corrected chi connectivity index (χ2v) is 6.34. The highest BCUT2D eigenvalue weighted by Gasteiger charge is 2.36. The average Bonchev–Trinajstić information content (AvgIpc) is 2.55. The minimum atomic E-state index is -0.957. The van der Waals surface area contributed by atoms with Crippen molar-refractivity contribution >= 4 is 12.0 Å². The molecule has 0 aromatic heterocycles. The molecule has 0 aromatic rings. The van der Waals surface area contributed by atoms with E-state index in [2.05, 4.69) is 5.32 Å². The molecule has 3 N–H and O–H groups in total. The molecule has 1 aliphatic rings. The summed E-state index contributed by atoms with van der Waals surface area (Å²) in [5, 5.41) is 21.3. The van der Waals surface area contributed by atoms with Crippen molar-refractivity contribution in [2.75, 3.05) is 27.2 Å². The number of hydrogen-bond acceptors (Lipinski definition) is 4. The first-order chi connectivity index (χ1) is 9.10. The van der Waals surface area contributed by atoms with Crippen LogP contribution in [0.3, 0.4) is 0 Å². The fraction of sp³-hybridized carbons (Fsp3) is 0.846. The number of aliphatic hydroxyl groups is 1. The highest BCUT2D eigenvalue weighted by Crippen LogP contribution is 2.20. The Bertz CT molecular complexity index is 371. The number of hydrogen-bond donors (Lipinski definition) is 3. The Morgan fingerprint density at radius 3 is 2.50 bits per heavy atom. The van der Waals surface area contributed by atoms with E-state index in [-0.39, 0.29) is 25.0 Å². The van der Waals surface area contributed by atoms with Crippen LogP contribution in [-0.2, 0) is 4.79 Å². The number of β-amino-alcohol motifs (C(OH)–C–C–N with tert-alkyl or cyclic N) is 1. The summed E-state index contributed by atoms with van der Waals surface area (Å²) < 4.78 is 0. The van der Waals surface area contributed by atoms with E-state index in [1.165, 1.54) is 0 Å². The summed E-state index contributed by atoms with van der Waals surface area (Å²) >= 11 is 0. The summed E-state index contributed by atoms with van der Waals surface area (Å²) in [6.07, 6.45) is -0.119. The van der Waals surface area contributed by atoms with Gasteiger partial charge in [-0.3, -0.25) is 4.79 Å². The van der Waals surface area contributed by atoms with E-state index in [4.69, 9.17) is 5.11 Å². The molecule has 1 aliphatic heterocycles. The van der Waals surface area contributed by atoms with Crippen LogP contribution in [0.15, 0.2) is 0 Å². The standard InChI is InChI=1S/C13H25N3O4/c1-13(2,6-11(18)19)14-12(20)16-8-10(17)5-9(16)7-15(3)4/h9-10,17H,5-8H2,1-4H3,(H,14,20)(H,18,19). The van der Waals surface area contributed by atoms with E-state index in [1.807, 2.05) is 19.0 Å². The van der Waals surface area contributed by atoms with Gasteiger partial charge in [0.15, 0.2) is 0 Å². The van der Waals surface area contributed by atoms with Gasteiger partial charge >= 0.3 is 12.0 Å². The van der Waals surface area contributed by atoms with Gasteiger partial charge < -0.3 is 25.3 Å². The van der Waals surface area contributed by atoms with E-state index in [0.29, 0.717) is 13.0 Å². The van der Waals surface area contributed by atoms with Crippen molar-refractivity contribution in [2.24, 2.45) is 0 Å². The average molecular weight is 287 g/mol. The smallest absolute Gasteiger partial charge is 0.318 e. The summed E-state index contributed by atoms with van der Waals surface area (Å²) in [6, 6.07) is -0.375. The molecule has 1 rings (SSSR count). The van der Waals surface area contributed by atoms with Gasteiger partial charge in [0, 0.05) is 24.7 Å². The quantitative estimate of drug-likeness (QED) is 0.659. The molecule has 1 heterocycles. The highest BCUT2D eigenvalue weighted by atomic mass is 16.4. The van der Waals surface area contributed by atoms with Crippen molar-refractivity contribution in [3.63, 3.8) is 0 Å². The van der Waals surface area contributed by atoms with Crippen LogP contribution in [0.2, 0.25) is 0 Å². The summed E-state index contributed by atoms with van der Waals surface area (Å²) in [7, 11) is 3.82.